The Balaban J connectivity index is 2.25. The Hall–Kier alpha value is -2.15. The fourth-order valence-corrected chi connectivity index (χ4v) is 2.34. The number of carbonyl (C=O) groups excluding carboxylic acids is 1. The number of rotatable bonds is 4. The zero-order valence-corrected chi connectivity index (χ0v) is 12.2. The highest BCUT2D eigenvalue weighted by atomic mass is 79.9. The van der Waals surface area contributed by atoms with E-state index >= 15 is 0 Å². The maximum Gasteiger partial charge on any atom is 0.284 e. The van der Waals surface area contributed by atoms with Crippen molar-refractivity contribution in [3.05, 3.63) is 62.5 Å². The van der Waals surface area contributed by atoms with Crippen molar-refractivity contribution in [1.29, 1.82) is 0 Å². The summed E-state index contributed by atoms with van der Waals surface area (Å²) in [4.78, 5) is 24.1. The van der Waals surface area contributed by atoms with Crippen molar-refractivity contribution >= 4 is 27.5 Å². The van der Waals surface area contributed by atoms with E-state index < -0.39 is 4.92 Å². The topological polar surface area (TPSA) is 76.6 Å². The van der Waals surface area contributed by atoms with Crippen LogP contribution < -0.4 is 0 Å². The summed E-state index contributed by atoms with van der Waals surface area (Å²) in [5.41, 5.74) is 0.972. The van der Waals surface area contributed by atoms with Gasteiger partial charge >= 0.3 is 0 Å². The Kier molecular flexibility index (Phi) is 4.19. The highest BCUT2D eigenvalue weighted by Gasteiger charge is 2.21. The number of amides is 1. The van der Waals surface area contributed by atoms with Gasteiger partial charge in [-0.15, -0.1) is 0 Å². The highest BCUT2D eigenvalue weighted by molar-refractivity contribution is 9.10. The minimum absolute atomic E-state index is 0.132. The van der Waals surface area contributed by atoms with Crippen LogP contribution in [0.15, 0.2) is 45.7 Å². The van der Waals surface area contributed by atoms with Gasteiger partial charge in [0, 0.05) is 25.2 Å². The molecule has 0 aliphatic rings. The van der Waals surface area contributed by atoms with E-state index in [4.69, 9.17) is 4.42 Å². The van der Waals surface area contributed by atoms with Crippen molar-refractivity contribution in [2.45, 2.75) is 6.54 Å². The second kappa shape index (κ2) is 5.87. The summed E-state index contributed by atoms with van der Waals surface area (Å²) in [5, 5.41) is 10.9. The highest BCUT2D eigenvalue weighted by Crippen LogP contribution is 2.29. The third kappa shape index (κ3) is 2.88. The van der Waals surface area contributed by atoms with Gasteiger partial charge in [-0.2, -0.15) is 0 Å². The molecule has 6 nitrogen and oxygen atoms in total. The first-order valence-electron chi connectivity index (χ1n) is 5.70. The number of furan rings is 1. The van der Waals surface area contributed by atoms with E-state index in [0.717, 1.165) is 5.56 Å². The first kappa shape index (κ1) is 14.3. The molecule has 0 saturated heterocycles. The SMILES string of the molecule is CN(Cc1ccoc1)C(=O)c1cccc([N+](=O)[O-])c1Br. The molecule has 0 aliphatic carbocycles. The van der Waals surface area contributed by atoms with Crippen LogP contribution in [-0.4, -0.2) is 22.8 Å². The normalized spacial score (nSPS) is 10.3. The van der Waals surface area contributed by atoms with Crippen molar-refractivity contribution in [3.63, 3.8) is 0 Å². The number of benzene rings is 1. The molecule has 2 rings (SSSR count). The maximum absolute atomic E-state index is 12.3. The molecule has 1 aromatic heterocycles. The van der Waals surface area contributed by atoms with Crippen molar-refractivity contribution in [2.75, 3.05) is 7.05 Å². The molecule has 0 atom stereocenters. The quantitative estimate of drug-likeness (QED) is 0.633. The predicted molar refractivity (Wildman–Crippen MR) is 75.3 cm³/mol. The first-order chi connectivity index (χ1) is 9.50. The zero-order valence-electron chi connectivity index (χ0n) is 10.6. The summed E-state index contributed by atoms with van der Waals surface area (Å²) in [6.07, 6.45) is 3.07. The molecule has 0 spiro atoms. The van der Waals surface area contributed by atoms with Crippen LogP contribution in [0.3, 0.4) is 0 Å². The van der Waals surface area contributed by atoms with Crippen LogP contribution in [0.1, 0.15) is 15.9 Å². The minimum Gasteiger partial charge on any atom is -0.472 e. The molecule has 0 saturated carbocycles. The summed E-state index contributed by atoms with van der Waals surface area (Å²) in [6.45, 7) is 0.366. The zero-order chi connectivity index (χ0) is 14.7. The molecule has 0 radical (unpaired) electrons. The number of halogens is 1. The van der Waals surface area contributed by atoms with Gasteiger partial charge in [-0.1, -0.05) is 6.07 Å². The average molecular weight is 339 g/mol. The molecule has 7 heteroatoms. The molecule has 0 aliphatic heterocycles. The number of carbonyl (C=O) groups is 1. The van der Waals surface area contributed by atoms with Crippen molar-refractivity contribution in [2.24, 2.45) is 0 Å². The lowest BCUT2D eigenvalue weighted by Gasteiger charge is -2.17. The van der Waals surface area contributed by atoms with Crippen LogP contribution in [0.4, 0.5) is 5.69 Å². The Morgan fingerprint density at radius 2 is 2.20 bits per heavy atom. The van der Waals surface area contributed by atoms with E-state index in [1.165, 1.54) is 23.3 Å². The van der Waals surface area contributed by atoms with Gasteiger partial charge < -0.3 is 9.32 Å². The van der Waals surface area contributed by atoms with Gasteiger partial charge in [0.2, 0.25) is 0 Å². The smallest absolute Gasteiger partial charge is 0.284 e. The average Bonchev–Trinajstić information content (AvgIpc) is 2.90. The predicted octanol–water partition coefficient (Wildman–Crippen LogP) is 3.22. The number of nitrogens with zero attached hydrogens (tertiary/aromatic N) is 2. The van der Waals surface area contributed by atoms with Gasteiger partial charge in [0.25, 0.3) is 11.6 Å². The summed E-state index contributed by atoms with van der Waals surface area (Å²) < 4.78 is 5.13. The molecule has 1 amide bonds. The first-order valence-corrected chi connectivity index (χ1v) is 6.49. The minimum atomic E-state index is -0.531. The van der Waals surface area contributed by atoms with Gasteiger partial charge in [-0.3, -0.25) is 14.9 Å². The molecule has 0 N–H and O–H groups in total. The standard InChI is InChI=1S/C13H11BrN2O4/c1-15(7-9-5-6-20-8-9)13(17)10-3-2-4-11(12(10)14)16(18)19/h2-6,8H,7H2,1H3. The fourth-order valence-electron chi connectivity index (χ4n) is 1.76. The molecule has 1 heterocycles. The summed E-state index contributed by atoms with van der Waals surface area (Å²) in [6, 6.07) is 6.14. The van der Waals surface area contributed by atoms with Crippen LogP contribution in [0.2, 0.25) is 0 Å². The Bertz CT molecular complexity index is 640. The van der Waals surface area contributed by atoms with Crippen LogP contribution >= 0.6 is 15.9 Å². The van der Waals surface area contributed by atoms with Crippen molar-refractivity contribution in [1.82, 2.24) is 4.90 Å². The second-order valence-electron chi connectivity index (χ2n) is 4.19. The Morgan fingerprint density at radius 3 is 2.80 bits per heavy atom. The van der Waals surface area contributed by atoms with Crippen LogP contribution in [0, 0.1) is 10.1 Å². The van der Waals surface area contributed by atoms with E-state index in [1.54, 1.807) is 25.4 Å². The van der Waals surface area contributed by atoms with Gasteiger partial charge in [0.05, 0.1) is 23.0 Å². The summed E-state index contributed by atoms with van der Waals surface area (Å²) in [7, 11) is 1.63. The lowest BCUT2D eigenvalue weighted by molar-refractivity contribution is -0.385. The molecule has 2 aromatic rings. The lowest BCUT2D eigenvalue weighted by Crippen LogP contribution is -2.26. The van der Waals surface area contributed by atoms with E-state index in [-0.39, 0.29) is 21.6 Å². The molecule has 1 aromatic carbocycles. The second-order valence-corrected chi connectivity index (χ2v) is 4.98. The summed E-state index contributed by atoms with van der Waals surface area (Å²) in [5.74, 6) is -0.304. The molecular weight excluding hydrogens is 328 g/mol. The maximum atomic E-state index is 12.3. The van der Waals surface area contributed by atoms with E-state index in [1.807, 2.05) is 0 Å². The Labute approximate surface area is 123 Å². The number of hydrogen-bond acceptors (Lipinski definition) is 4. The molecule has 0 fully saturated rings. The van der Waals surface area contributed by atoms with E-state index in [0.29, 0.717) is 6.54 Å². The monoisotopic (exact) mass is 338 g/mol. The molecule has 104 valence electrons. The number of nitro groups is 1. The lowest BCUT2D eigenvalue weighted by atomic mass is 10.1. The molecular formula is C13H11BrN2O4. The van der Waals surface area contributed by atoms with Crippen LogP contribution in [0.5, 0.6) is 0 Å². The van der Waals surface area contributed by atoms with Gasteiger partial charge in [-0.25, -0.2) is 0 Å². The number of nitro benzene ring substituents is 1. The van der Waals surface area contributed by atoms with E-state index in [2.05, 4.69) is 15.9 Å². The third-order valence-corrected chi connectivity index (χ3v) is 3.59. The summed E-state index contributed by atoms with van der Waals surface area (Å²) >= 11 is 3.12. The Morgan fingerprint density at radius 1 is 1.45 bits per heavy atom. The molecule has 0 bridgehead atoms. The van der Waals surface area contributed by atoms with Crippen molar-refractivity contribution in [3.8, 4) is 0 Å². The fraction of sp³-hybridized carbons (Fsp3) is 0.154. The molecule has 20 heavy (non-hydrogen) atoms. The van der Waals surface area contributed by atoms with Crippen molar-refractivity contribution < 1.29 is 14.1 Å². The van der Waals surface area contributed by atoms with E-state index in [9.17, 15) is 14.9 Å². The largest absolute Gasteiger partial charge is 0.472 e. The third-order valence-electron chi connectivity index (χ3n) is 2.75. The van der Waals surface area contributed by atoms with Gasteiger partial charge in [0.15, 0.2) is 0 Å². The van der Waals surface area contributed by atoms with Gasteiger partial charge in [-0.05, 0) is 28.1 Å². The van der Waals surface area contributed by atoms with Crippen LogP contribution in [-0.2, 0) is 6.54 Å². The number of hydrogen-bond donors (Lipinski definition) is 0. The van der Waals surface area contributed by atoms with Gasteiger partial charge in [0.1, 0.15) is 4.47 Å². The molecule has 0 unspecified atom stereocenters. The van der Waals surface area contributed by atoms with Crippen LogP contribution in [0.25, 0.3) is 0 Å².